The second-order valence-electron chi connectivity index (χ2n) is 21.3. The Morgan fingerprint density at radius 2 is 1.82 bits per heavy atom. The van der Waals surface area contributed by atoms with Crippen LogP contribution in [0.2, 0.25) is 10.0 Å². The molecule has 10 rings (SSSR count). The fraction of sp³-hybridized carbons (Fsp3) is 0.446. The third-order valence-electron chi connectivity index (χ3n) is 15.8. The van der Waals surface area contributed by atoms with Gasteiger partial charge in [0, 0.05) is 89.4 Å². The molecule has 6 aliphatic rings. The zero-order chi connectivity index (χ0) is 50.6. The molecule has 16 heteroatoms. The van der Waals surface area contributed by atoms with Crippen molar-refractivity contribution in [2.45, 2.75) is 108 Å². The molecule has 6 aliphatic heterocycles. The van der Waals surface area contributed by atoms with Crippen LogP contribution in [0.1, 0.15) is 115 Å². The highest BCUT2D eigenvalue weighted by Gasteiger charge is 2.62. The third kappa shape index (κ3) is 9.11. The number of imide groups is 1. The number of rotatable bonds is 8. The number of halogens is 3. The lowest BCUT2D eigenvalue weighted by Gasteiger charge is -2.44. The summed E-state index contributed by atoms with van der Waals surface area (Å²) in [6.45, 7) is 8.58. The average Bonchev–Trinajstić information content (AvgIpc) is 4.01. The van der Waals surface area contributed by atoms with Crippen LogP contribution >= 0.6 is 23.2 Å². The number of carbonyl (C=O) groups is 5. The molecule has 376 valence electrons. The number of piperidine rings is 2. The molecule has 8 atom stereocenters. The molecular formula is C56H59Cl2FN6O7. The lowest BCUT2D eigenvalue weighted by atomic mass is 9.63. The molecule has 0 aliphatic carbocycles. The van der Waals surface area contributed by atoms with Crippen molar-refractivity contribution in [1.82, 2.24) is 20.4 Å². The average molecular weight is 1020 g/mol. The van der Waals surface area contributed by atoms with Gasteiger partial charge >= 0.3 is 0 Å². The van der Waals surface area contributed by atoms with Crippen LogP contribution in [0.25, 0.3) is 0 Å². The molecule has 4 aromatic carbocycles. The van der Waals surface area contributed by atoms with Gasteiger partial charge in [-0.1, -0.05) is 80.1 Å². The van der Waals surface area contributed by atoms with Gasteiger partial charge in [0.2, 0.25) is 17.7 Å². The maximum atomic E-state index is 16.4. The Kier molecular flexibility index (Phi) is 13.6. The second-order valence-corrected chi connectivity index (χ2v) is 22.1. The summed E-state index contributed by atoms with van der Waals surface area (Å²) in [4.78, 5) is 71.3. The van der Waals surface area contributed by atoms with E-state index in [2.05, 4.69) is 53.9 Å². The number of hydrogen-bond acceptors (Lipinski definition) is 9. The number of carbonyl (C=O) groups excluding carboxylic acids is 5. The summed E-state index contributed by atoms with van der Waals surface area (Å²) >= 11 is 13.0. The van der Waals surface area contributed by atoms with Gasteiger partial charge in [-0.25, -0.2) is 4.39 Å². The summed E-state index contributed by atoms with van der Waals surface area (Å²) in [6, 6.07) is 19.1. The van der Waals surface area contributed by atoms with Crippen molar-refractivity contribution in [2.75, 3.05) is 44.0 Å². The van der Waals surface area contributed by atoms with E-state index in [-0.39, 0.29) is 71.5 Å². The van der Waals surface area contributed by atoms with E-state index in [1.54, 1.807) is 42.5 Å². The van der Waals surface area contributed by atoms with E-state index in [0.29, 0.717) is 77.9 Å². The van der Waals surface area contributed by atoms with Crippen molar-refractivity contribution in [3.8, 4) is 17.6 Å². The molecule has 0 saturated carbocycles. The summed E-state index contributed by atoms with van der Waals surface area (Å²) < 4.78 is 28.3. The first kappa shape index (κ1) is 49.6. The molecule has 4 unspecified atom stereocenters. The van der Waals surface area contributed by atoms with Crippen molar-refractivity contribution in [1.29, 1.82) is 0 Å². The normalized spacial score (nSPS) is 26.9. The van der Waals surface area contributed by atoms with Crippen LogP contribution in [0.15, 0.2) is 72.8 Å². The molecular weight excluding hydrogens is 959 g/mol. The largest absolute Gasteiger partial charge is 0.495 e. The minimum Gasteiger partial charge on any atom is -0.495 e. The number of benzene rings is 4. The lowest BCUT2D eigenvalue weighted by Crippen LogP contribution is -2.52. The summed E-state index contributed by atoms with van der Waals surface area (Å²) in [5, 5.41) is 13.2. The number of ether oxygens (including phenoxy) is 2. The fourth-order valence-corrected chi connectivity index (χ4v) is 12.8. The quantitative estimate of drug-likeness (QED) is 0.100. The van der Waals surface area contributed by atoms with Gasteiger partial charge in [-0.15, -0.1) is 0 Å². The molecule has 1 spiro atoms. The molecule has 0 aromatic heterocycles. The van der Waals surface area contributed by atoms with Crippen LogP contribution in [-0.4, -0.2) is 96.9 Å². The highest BCUT2D eigenvalue weighted by Crippen LogP contribution is 2.57. The Hall–Kier alpha value is -5.98. The van der Waals surface area contributed by atoms with Crippen molar-refractivity contribution in [3.05, 3.63) is 122 Å². The number of likely N-dealkylation sites (tertiary alicyclic amines) is 1. The maximum Gasteiger partial charge on any atom is 0.255 e. The molecule has 4 fully saturated rings. The van der Waals surface area contributed by atoms with Crippen LogP contribution in [-0.2, 0) is 31.1 Å². The number of hydrogen-bond donors (Lipinski definition) is 4. The highest BCUT2D eigenvalue weighted by molar-refractivity contribution is 6.31. The summed E-state index contributed by atoms with van der Waals surface area (Å²) in [5.41, 5.74) is 3.89. The topological polar surface area (TPSA) is 158 Å². The zero-order valence-electron chi connectivity index (χ0n) is 40.8. The van der Waals surface area contributed by atoms with Gasteiger partial charge in [0.25, 0.3) is 11.8 Å². The first-order valence-electron chi connectivity index (χ1n) is 25.0. The van der Waals surface area contributed by atoms with Gasteiger partial charge in [-0.2, -0.15) is 0 Å². The van der Waals surface area contributed by atoms with Crippen LogP contribution in [0.4, 0.5) is 15.8 Å². The van der Waals surface area contributed by atoms with E-state index in [4.69, 9.17) is 32.7 Å². The molecule has 5 amide bonds. The third-order valence-corrected chi connectivity index (χ3v) is 16.3. The molecule has 4 saturated heterocycles. The first-order valence-corrected chi connectivity index (χ1v) is 25.7. The smallest absolute Gasteiger partial charge is 0.255 e. The minimum atomic E-state index is -0.915. The van der Waals surface area contributed by atoms with Crippen LogP contribution in [0.5, 0.6) is 5.75 Å². The van der Waals surface area contributed by atoms with Gasteiger partial charge in [0.05, 0.1) is 30.5 Å². The lowest BCUT2D eigenvalue weighted by molar-refractivity contribution is -0.137. The number of anilines is 2. The SMILES string of the molecule is COc1cc(C(=O)N2CCCCC2C2CCOCC2C#Cc2cccc3c2CN(C2CCC(=O)NC2=O)C3=O)ccc1NC(=O)[C@@H]1N[C@@H](CC(C)(C)C)[C@@]2(CNc3cc(Cl)ccc32)[C@H]1c1cccc(Cl)c1F. The molecule has 4 aromatic rings. The van der Waals surface area contributed by atoms with E-state index < -0.39 is 41.0 Å². The van der Waals surface area contributed by atoms with Gasteiger partial charge < -0.3 is 35.2 Å². The number of fused-ring (bicyclic) bond motifs is 3. The monoisotopic (exact) mass is 1020 g/mol. The van der Waals surface area contributed by atoms with Gasteiger partial charge in [0.1, 0.15) is 17.6 Å². The minimum absolute atomic E-state index is 0.00920. The summed E-state index contributed by atoms with van der Waals surface area (Å²) in [6.07, 6.45) is 4.41. The first-order chi connectivity index (χ1) is 34.6. The molecule has 0 radical (unpaired) electrons. The van der Waals surface area contributed by atoms with Crippen molar-refractivity contribution in [3.63, 3.8) is 0 Å². The Bertz CT molecular complexity index is 2930. The van der Waals surface area contributed by atoms with Crippen molar-refractivity contribution in [2.24, 2.45) is 17.3 Å². The van der Waals surface area contributed by atoms with E-state index in [0.717, 1.165) is 36.1 Å². The molecule has 13 nitrogen and oxygen atoms in total. The molecule has 0 bridgehead atoms. The fourth-order valence-electron chi connectivity index (χ4n) is 12.5. The van der Waals surface area contributed by atoms with E-state index in [1.165, 1.54) is 18.1 Å². The van der Waals surface area contributed by atoms with Gasteiger partial charge in [-0.05, 0) is 115 Å². The number of nitrogens with zero attached hydrogens (tertiary/aromatic N) is 2. The summed E-state index contributed by atoms with van der Waals surface area (Å²) in [7, 11) is 1.50. The number of amides is 5. The van der Waals surface area contributed by atoms with E-state index >= 15 is 4.39 Å². The Labute approximate surface area is 429 Å². The predicted molar refractivity (Wildman–Crippen MR) is 273 cm³/mol. The Morgan fingerprint density at radius 3 is 2.61 bits per heavy atom. The van der Waals surface area contributed by atoms with Crippen LogP contribution < -0.4 is 26.0 Å². The van der Waals surface area contributed by atoms with E-state index in [9.17, 15) is 24.0 Å². The second kappa shape index (κ2) is 19.8. The van der Waals surface area contributed by atoms with Crippen LogP contribution in [0.3, 0.4) is 0 Å². The predicted octanol–water partition coefficient (Wildman–Crippen LogP) is 8.46. The van der Waals surface area contributed by atoms with Crippen molar-refractivity contribution < 1.29 is 37.8 Å². The zero-order valence-corrected chi connectivity index (χ0v) is 42.4. The van der Waals surface area contributed by atoms with Crippen LogP contribution in [0, 0.1) is 34.9 Å². The molecule has 6 heterocycles. The Balaban J connectivity index is 0.900. The molecule has 72 heavy (non-hydrogen) atoms. The highest BCUT2D eigenvalue weighted by atomic mass is 35.5. The van der Waals surface area contributed by atoms with Gasteiger partial charge in [0.15, 0.2) is 0 Å². The van der Waals surface area contributed by atoms with Gasteiger partial charge in [-0.3, -0.25) is 29.3 Å². The number of nitrogens with one attached hydrogen (secondary N) is 4. The summed E-state index contributed by atoms with van der Waals surface area (Å²) in [5.74, 6) is 4.09. The molecule has 4 N–H and O–H groups in total. The van der Waals surface area contributed by atoms with E-state index in [1.807, 2.05) is 29.2 Å². The maximum absolute atomic E-state index is 16.4. The standard InChI is InChI=1S/C56H59Cl2FN6O7/c1-55(2,3)27-46-56(30-60-42-26-34(57)17-18-39(42)56)48(37-11-8-12-40(58)49(37)59)50(62-46)52(68)61-41-19-16-32(25-45(41)71-4)53(69)64-23-6-5-13-43(64)35-22-24-72-29-33(35)15-14-31-9-7-10-36-38(31)28-65(54(36)70)44-20-21-47(66)63-51(44)67/h7-12,16-19,25-26,33,35,43-44,46,48,50,60,62H,5-6,13,20-24,27-30H2,1-4H3,(H,61,68)(H,63,66,67)/t33?,35?,43?,44?,46-,48-,50+,56-/m0/s1. The Morgan fingerprint density at radius 1 is 1.00 bits per heavy atom. The number of methoxy groups -OCH3 is 1. The van der Waals surface area contributed by atoms with Crippen molar-refractivity contribution >= 4 is 64.1 Å².